The molecule has 1 amide bonds. The number of nitrogens with zero attached hydrogens (tertiary/aromatic N) is 3. The van der Waals surface area contributed by atoms with E-state index in [-0.39, 0.29) is 11.9 Å². The van der Waals surface area contributed by atoms with Gasteiger partial charge in [-0.25, -0.2) is 13.1 Å². The molecule has 4 rings (SSSR count). The smallest absolute Gasteiger partial charge is 0.257 e. The molecule has 0 bridgehead atoms. The predicted molar refractivity (Wildman–Crippen MR) is 125 cm³/mol. The van der Waals surface area contributed by atoms with Crippen molar-refractivity contribution in [2.24, 2.45) is 0 Å². The average molecular weight is 473 g/mol. The van der Waals surface area contributed by atoms with Crippen molar-refractivity contribution in [2.45, 2.75) is 25.4 Å². The lowest BCUT2D eigenvalue weighted by atomic mass is 10.0. The lowest BCUT2D eigenvalue weighted by Crippen LogP contribution is -2.46. The summed E-state index contributed by atoms with van der Waals surface area (Å²) in [4.78, 5) is 15.2. The molecule has 32 heavy (non-hydrogen) atoms. The molecule has 0 atom stereocenters. The first-order valence-electron chi connectivity index (χ1n) is 10.4. The highest BCUT2D eigenvalue weighted by atomic mass is 35.5. The van der Waals surface area contributed by atoms with Crippen LogP contribution < -0.4 is 4.72 Å². The van der Waals surface area contributed by atoms with Crippen LogP contribution in [0.3, 0.4) is 0 Å². The zero-order valence-corrected chi connectivity index (χ0v) is 19.3. The minimum atomic E-state index is -3.26. The summed E-state index contributed by atoms with van der Waals surface area (Å²) in [5.41, 5.74) is 3.04. The highest BCUT2D eigenvalue weighted by molar-refractivity contribution is 7.88. The first-order chi connectivity index (χ1) is 15.3. The molecule has 9 heteroatoms. The van der Waals surface area contributed by atoms with E-state index in [1.54, 1.807) is 27.9 Å². The maximum absolute atomic E-state index is 13.4. The lowest BCUT2D eigenvalue weighted by Gasteiger charge is -2.32. The largest absolute Gasteiger partial charge is 0.338 e. The molecule has 2 heterocycles. The molecule has 7 nitrogen and oxygen atoms in total. The fourth-order valence-electron chi connectivity index (χ4n) is 3.92. The van der Waals surface area contributed by atoms with Crippen molar-refractivity contribution in [3.8, 4) is 11.3 Å². The van der Waals surface area contributed by atoms with Crippen LogP contribution in [0.15, 0.2) is 60.8 Å². The van der Waals surface area contributed by atoms with Gasteiger partial charge in [-0.15, -0.1) is 0 Å². The normalized spacial score (nSPS) is 15.1. The molecular formula is C23H25ClN4O3S. The topological polar surface area (TPSA) is 84.3 Å². The number of sulfonamides is 1. The molecule has 1 aliphatic rings. The Labute approximate surface area is 193 Å². The van der Waals surface area contributed by atoms with Crippen molar-refractivity contribution < 1.29 is 13.2 Å². The van der Waals surface area contributed by atoms with Gasteiger partial charge in [-0.05, 0) is 30.5 Å². The number of carbonyl (C=O) groups is 1. The Kier molecular flexibility index (Phi) is 6.64. The number of amides is 1. The number of rotatable bonds is 6. The lowest BCUT2D eigenvalue weighted by molar-refractivity contribution is 0.0712. The number of aromatic nitrogens is 2. The van der Waals surface area contributed by atoms with E-state index < -0.39 is 10.0 Å². The van der Waals surface area contributed by atoms with Crippen LogP contribution in [0.5, 0.6) is 0 Å². The number of likely N-dealkylation sites (tertiary alicyclic amines) is 1. The Morgan fingerprint density at radius 3 is 2.38 bits per heavy atom. The Hall–Kier alpha value is -2.68. The molecule has 1 N–H and O–H groups in total. The van der Waals surface area contributed by atoms with Gasteiger partial charge in [0.1, 0.15) is 5.69 Å². The van der Waals surface area contributed by atoms with Crippen LogP contribution in [0.1, 0.15) is 28.8 Å². The van der Waals surface area contributed by atoms with Gasteiger partial charge in [-0.3, -0.25) is 9.48 Å². The number of nitrogens with one attached hydrogen (secondary N) is 1. The van der Waals surface area contributed by atoms with Crippen LogP contribution >= 0.6 is 11.6 Å². The fourth-order valence-corrected chi connectivity index (χ4v) is 4.89. The standard InChI is InChI=1S/C23H25ClN4O3S/c1-32(30,31)26-20-11-13-27(14-12-20)23(29)21-16-28(15-17-5-3-2-4-6-17)25-22(21)18-7-9-19(24)10-8-18/h2-10,16,20,26H,11-15H2,1H3. The molecule has 3 aromatic rings. The number of hydrogen-bond donors (Lipinski definition) is 1. The summed E-state index contributed by atoms with van der Waals surface area (Å²) in [7, 11) is -3.26. The SMILES string of the molecule is CS(=O)(=O)NC1CCN(C(=O)c2cn(Cc3ccccc3)nc2-c2ccc(Cl)cc2)CC1. The van der Waals surface area contributed by atoms with Gasteiger partial charge in [0.05, 0.1) is 18.4 Å². The van der Waals surface area contributed by atoms with Gasteiger partial charge in [-0.1, -0.05) is 54.1 Å². The van der Waals surface area contributed by atoms with Gasteiger partial charge < -0.3 is 4.90 Å². The summed E-state index contributed by atoms with van der Waals surface area (Å²) in [6.07, 6.45) is 4.10. The molecule has 1 saturated heterocycles. The molecule has 168 valence electrons. The van der Waals surface area contributed by atoms with Gasteiger partial charge >= 0.3 is 0 Å². The quantitative estimate of drug-likeness (QED) is 0.595. The van der Waals surface area contributed by atoms with Gasteiger partial charge in [0.25, 0.3) is 5.91 Å². The fraction of sp³-hybridized carbons (Fsp3) is 0.304. The molecule has 2 aromatic carbocycles. The molecular weight excluding hydrogens is 448 g/mol. The highest BCUT2D eigenvalue weighted by Crippen LogP contribution is 2.26. The Morgan fingerprint density at radius 1 is 1.09 bits per heavy atom. The van der Waals surface area contributed by atoms with Crippen molar-refractivity contribution >= 4 is 27.5 Å². The molecule has 0 saturated carbocycles. The van der Waals surface area contributed by atoms with E-state index in [2.05, 4.69) is 4.72 Å². The third-order valence-electron chi connectivity index (χ3n) is 5.46. The first kappa shape index (κ1) is 22.5. The molecule has 1 aliphatic heterocycles. The van der Waals surface area contributed by atoms with Crippen LogP contribution in [0, 0.1) is 0 Å². The van der Waals surface area contributed by atoms with Crippen LogP contribution in [0.2, 0.25) is 5.02 Å². The monoisotopic (exact) mass is 472 g/mol. The van der Waals surface area contributed by atoms with Crippen molar-refractivity contribution in [3.63, 3.8) is 0 Å². The Morgan fingerprint density at radius 2 is 1.75 bits per heavy atom. The van der Waals surface area contributed by atoms with Gasteiger partial charge in [0.2, 0.25) is 10.0 Å². The summed E-state index contributed by atoms with van der Waals surface area (Å²) in [5, 5.41) is 5.34. The number of piperidine rings is 1. The second-order valence-corrected chi connectivity index (χ2v) is 10.3. The zero-order chi connectivity index (χ0) is 22.7. The molecule has 0 radical (unpaired) electrons. The van der Waals surface area contributed by atoms with Crippen molar-refractivity contribution in [2.75, 3.05) is 19.3 Å². The van der Waals surface area contributed by atoms with Crippen LogP contribution in [0.25, 0.3) is 11.3 Å². The first-order valence-corrected chi connectivity index (χ1v) is 12.7. The van der Waals surface area contributed by atoms with Gasteiger partial charge in [0.15, 0.2) is 0 Å². The highest BCUT2D eigenvalue weighted by Gasteiger charge is 2.28. The number of benzene rings is 2. The van der Waals surface area contributed by atoms with Crippen LogP contribution in [-0.2, 0) is 16.6 Å². The zero-order valence-electron chi connectivity index (χ0n) is 17.7. The molecule has 0 unspecified atom stereocenters. The van der Waals surface area contributed by atoms with E-state index in [1.165, 1.54) is 0 Å². The third kappa shape index (κ3) is 5.56. The summed E-state index contributed by atoms with van der Waals surface area (Å²) >= 11 is 6.05. The molecule has 0 aliphatic carbocycles. The van der Waals surface area contributed by atoms with Gasteiger partial charge in [-0.2, -0.15) is 5.10 Å². The summed E-state index contributed by atoms with van der Waals surface area (Å²) in [6.45, 7) is 1.51. The minimum Gasteiger partial charge on any atom is -0.338 e. The molecule has 0 spiro atoms. The summed E-state index contributed by atoms with van der Waals surface area (Å²) in [6, 6.07) is 17.1. The maximum atomic E-state index is 13.4. The van der Waals surface area contributed by atoms with Crippen molar-refractivity contribution in [1.29, 1.82) is 0 Å². The van der Waals surface area contributed by atoms with E-state index in [1.807, 2.05) is 42.5 Å². The Balaban J connectivity index is 1.58. The summed E-state index contributed by atoms with van der Waals surface area (Å²) in [5.74, 6) is -0.105. The average Bonchev–Trinajstić information content (AvgIpc) is 3.17. The second kappa shape index (κ2) is 9.44. The van der Waals surface area contributed by atoms with E-state index in [9.17, 15) is 13.2 Å². The Bertz CT molecular complexity index is 1190. The predicted octanol–water partition coefficient (Wildman–Crippen LogP) is 3.41. The summed E-state index contributed by atoms with van der Waals surface area (Å²) < 4.78 is 27.4. The van der Waals surface area contributed by atoms with Crippen molar-refractivity contribution in [1.82, 2.24) is 19.4 Å². The van der Waals surface area contributed by atoms with Crippen LogP contribution in [0.4, 0.5) is 0 Å². The van der Waals surface area contributed by atoms with E-state index in [0.717, 1.165) is 17.4 Å². The van der Waals surface area contributed by atoms with E-state index >= 15 is 0 Å². The van der Waals surface area contributed by atoms with Crippen molar-refractivity contribution in [3.05, 3.63) is 76.9 Å². The number of hydrogen-bond acceptors (Lipinski definition) is 4. The molecule has 1 aromatic heterocycles. The van der Waals surface area contributed by atoms with E-state index in [0.29, 0.717) is 48.8 Å². The number of halogens is 1. The number of carbonyl (C=O) groups excluding carboxylic acids is 1. The molecule has 1 fully saturated rings. The third-order valence-corrected chi connectivity index (χ3v) is 6.47. The van der Waals surface area contributed by atoms with Crippen LogP contribution in [-0.4, -0.2) is 54.4 Å². The maximum Gasteiger partial charge on any atom is 0.257 e. The van der Waals surface area contributed by atoms with E-state index in [4.69, 9.17) is 16.7 Å². The second-order valence-electron chi connectivity index (χ2n) is 8.04. The minimum absolute atomic E-state index is 0.105. The van der Waals surface area contributed by atoms with Gasteiger partial charge in [0, 0.05) is 35.9 Å².